The van der Waals surface area contributed by atoms with Gasteiger partial charge in [-0.05, 0) is 29.8 Å². The number of ether oxygens (including phenoxy) is 1. The van der Waals surface area contributed by atoms with Crippen LogP contribution in [0.5, 0.6) is 5.75 Å². The largest absolute Gasteiger partial charge is 0.497 e. The Morgan fingerprint density at radius 3 is 2.53 bits per heavy atom. The summed E-state index contributed by atoms with van der Waals surface area (Å²) in [7, 11) is 3.29. The van der Waals surface area contributed by atoms with Crippen LogP contribution < -0.4 is 26.6 Å². The molecule has 0 aliphatic carbocycles. The first-order valence-corrected chi connectivity index (χ1v) is 9.93. The van der Waals surface area contributed by atoms with E-state index in [0.717, 1.165) is 16.9 Å². The van der Waals surface area contributed by atoms with Gasteiger partial charge in [0.15, 0.2) is 5.76 Å². The lowest BCUT2D eigenvalue weighted by Crippen LogP contribution is -2.37. The Kier molecular flexibility index (Phi) is 5.80. The molecule has 0 saturated carbocycles. The maximum Gasteiger partial charge on any atom is 0.330 e. The third kappa shape index (κ3) is 4.27. The van der Waals surface area contributed by atoms with E-state index in [1.54, 1.807) is 25.3 Å². The van der Waals surface area contributed by atoms with E-state index in [9.17, 15) is 9.59 Å². The van der Waals surface area contributed by atoms with Crippen LogP contribution in [0, 0.1) is 0 Å². The molecule has 0 aliphatic rings. The maximum atomic E-state index is 12.5. The molecule has 0 bridgehead atoms. The molecule has 0 atom stereocenters. The smallest absolute Gasteiger partial charge is 0.330 e. The predicted molar refractivity (Wildman–Crippen MR) is 122 cm³/mol. The number of methoxy groups -OCH3 is 1. The van der Waals surface area contributed by atoms with E-state index in [-0.39, 0.29) is 24.6 Å². The molecule has 0 fully saturated rings. The number of nitrogens with two attached hydrogens (primary N) is 1. The van der Waals surface area contributed by atoms with Crippen molar-refractivity contribution in [1.29, 1.82) is 0 Å². The fourth-order valence-electron chi connectivity index (χ4n) is 3.42. The van der Waals surface area contributed by atoms with E-state index >= 15 is 0 Å². The number of aromatic nitrogens is 3. The lowest BCUT2D eigenvalue weighted by Gasteiger charge is -2.20. The van der Waals surface area contributed by atoms with E-state index in [0.29, 0.717) is 11.7 Å². The highest BCUT2D eigenvalue weighted by Gasteiger charge is 2.18. The van der Waals surface area contributed by atoms with Crippen LogP contribution in [0.1, 0.15) is 11.5 Å². The quantitative estimate of drug-likeness (QED) is 0.459. The molecular weight excluding hydrogens is 410 g/mol. The van der Waals surface area contributed by atoms with Crippen molar-refractivity contribution in [3.63, 3.8) is 0 Å². The first-order valence-electron chi connectivity index (χ1n) is 9.93. The van der Waals surface area contributed by atoms with Crippen molar-refractivity contribution in [2.24, 2.45) is 0 Å². The number of anilines is 2. The van der Waals surface area contributed by atoms with E-state index in [1.165, 1.54) is 4.57 Å². The fraction of sp³-hybridized carbons (Fsp3) is 0.174. The molecule has 32 heavy (non-hydrogen) atoms. The summed E-state index contributed by atoms with van der Waals surface area (Å²) in [4.78, 5) is 33.2. The lowest BCUT2D eigenvalue weighted by molar-refractivity contribution is 0.415. The average Bonchev–Trinajstić information content (AvgIpc) is 3.25. The number of nitrogens with one attached hydrogen (secondary N) is 1. The lowest BCUT2D eigenvalue weighted by atomic mass is 10.2. The zero-order valence-electron chi connectivity index (χ0n) is 17.7. The van der Waals surface area contributed by atoms with Crippen molar-refractivity contribution in [2.45, 2.75) is 13.1 Å². The molecular formula is C23H23N5O4. The van der Waals surface area contributed by atoms with Crippen molar-refractivity contribution in [3.8, 4) is 17.1 Å². The Morgan fingerprint density at radius 1 is 1.12 bits per heavy atom. The van der Waals surface area contributed by atoms with Crippen LogP contribution in [0.15, 0.2) is 74.8 Å². The second-order valence-corrected chi connectivity index (χ2v) is 7.27. The Labute approximate surface area is 183 Å². The molecule has 0 aliphatic heterocycles. The number of hydrogen-bond donors (Lipinski definition) is 2. The summed E-state index contributed by atoms with van der Waals surface area (Å²) in [5, 5.41) is 0. The summed E-state index contributed by atoms with van der Waals surface area (Å²) < 4.78 is 12.4. The highest BCUT2D eigenvalue weighted by molar-refractivity contribution is 5.62. The number of aromatic amines is 1. The minimum Gasteiger partial charge on any atom is -0.497 e. The number of nitrogens with zero attached hydrogens (tertiary/aromatic N) is 3. The molecule has 9 nitrogen and oxygen atoms in total. The normalized spacial score (nSPS) is 10.8. The van der Waals surface area contributed by atoms with Crippen LogP contribution in [0.25, 0.3) is 11.3 Å². The van der Waals surface area contributed by atoms with Gasteiger partial charge < -0.3 is 19.8 Å². The first kappa shape index (κ1) is 21.0. The van der Waals surface area contributed by atoms with Crippen LogP contribution in [0.3, 0.4) is 0 Å². The Morgan fingerprint density at radius 2 is 1.84 bits per heavy atom. The third-order valence-electron chi connectivity index (χ3n) is 5.08. The minimum atomic E-state index is -0.568. The third-order valence-corrected chi connectivity index (χ3v) is 5.08. The number of rotatable bonds is 7. The molecule has 0 amide bonds. The number of H-pyrrole nitrogens is 1. The second-order valence-electron chi connectivity index (χ2n) is 7.27. The monoisotopic (exact) mass is 433 g/mol. The van der Waals surface area contributed by atoms with Crippen LogP contribution in [-0.2, 0) is 13.1 Å². The van der Waals surface area contributed by atoms with Gasteiger partial charge in [0.05, 0.1) is 26.4 Å². The zero-order chi connectivity index (χ0) is 22.7. The van der Waals surface area contributed by atoms with Crippen molar-refractivity contribution < 1.29 is 9.15 Å². The molecule has 2 heterocycles. The highest BCUT2D eigenvalue weighted by Crippen LogP contribution is 2.24. The van der Waals surface area contributed by atoms with Gasteiger partial charge in [-0.3, -0.25) is 14.3 Å². The molecule has 164 valence electrons. The minimum absolute atomic E-state index is 0.0760. The fourth-order valence-corrected chi connectivity index (χ4v) is 3.42. The summed E-state index contributed by atoms with van der Waals surface area (Å²) in [5.74, 6) is 1.81. The average molecular weight is 433 g/mol. The van der Waals surface area contributed by atoms with Crippen molar-refractivity contribution in [2.75, 3.05) is 24.8 Å². The predicted octanol–water partition coefficient (Wildman–Crippen LogP) is 2.47. The molecule has 4 rings (SSSR count). The summed E-state index contributed by atoms with van der Waals surface area (Å²) in [6.45, 7) is 0.427. The Hall–Kier alpha value is -4.27. The van der Waals surface area contributed by atoms with Gasteiger partial charge in [0.1, 0.15) is 17.3 Å². The van der Waals surface area contributed by atoms with E-state index in [1.807, 2.05) is 54.6 Å². The zero-order valence-corrected chi connectivity index (χ0v) is 17.7. The molecule has 9 heteroatoms. The summed E-state index contributed by atoms with van der Waals surface area (Å²) in [6, 6.07) is 16.8. The highest BCUT2D eigenvalue weighted by atomic mass is 16.5. The summed E-state index contributed by atoms with van der Waals surface area (Å²) in [5.41, 5.74) is 7.02. The van der Waals surface area contributed by atoms with Gasteiger partial charge in [-0.1, -0.05) is 30.3 Å². The van der Waals surface area contributed by atoms with Gasteiger partial charge >= 0.3 is 5.69 Å². The van der Waals surface area contributed by atoms with Crippen LogP contribution in [0.4, 0.5) is 11.5 Å². The summed E-state index contributed by atoms with van der Waals surface area (Å²) in [6.07, 6.45) is 1.62. The molecule has 0 unspecified atom stereocenters. The van der Waals surface area contributed by atoms with Gasteiger partial charge in [-0.15, -0.1) is 0 Å². The SMILES string of the molecule is COc1ccc(-c2cnc(CN(C)c3c(N)n(Cc4ccccc4)c(=O)[nH]c3=O)o2)cc1. The van der Waals surface area contributed by atoms with Gasteiger partial charge in [-0.25, -0.2) is 9.78 Å². The Balaban J connectivity index is 1.59. The molecule has 3 N–H and O–H groups in total. The van der Waals surface area contributed by atoms with Gasteiger partial charge in [0.25, 0.3) is 5.56 Å². The molecule has 2 aromatic heterocycles. The van der Waals surface area contributed by atoms with E-state index < -0.39 is 11.2 Å². The topological polar surface area (TPSA) is 119 Å². The molecule has 0 saturated heterocycles. The van der Waals surface area contributed by atoms with Crippen LogP contribution in [0.2, 0.25) is 0 Å². The molecule has 0 radical (unpaired) electrons. The molecule has 0 spiro atoms. The van der Waals surface area contributed by atoms with Crippen molar-refractivity contribution >= 4 is 11.5 Å². The Bertz CT molecular complexity index is 1320. The maximum absolute atomic E-state index is 12.5. The van der Waals surface area contributed by atoms with Gasteiger partial charge in [0.2, 0.25) is 5.89 Å². The van der Waals surface area contributed by atoms with Gasteiger partial charge in [0, 0.05) is 12.6 Å². The van der Waals surface area contributed by atoms with E-state index in [4.69, 9.17) is 14.9 Å². The second kappa shape index (κ2) is 8.84. The number of oxazole rings is 1. The van der Waals surface area contributed by atoms with Crippen LogP contribution in [-0.4, -0.2) is 28.7 Å². The number of hydrogen-bond acceptors (Lipinski definition) is 7. The van der Waals surface area contributed by atoms with E-state index in [2.05, 4.69) is 9.97 Å². The van der Waals surface area contributed by atoms with Crippen LogP contribution >= 0.6 is 0 Å². The van der Waals surface area contributed by atoms with Crippen molar-refractivity contribution in [3.05, 3.63) is 93.1 Å². The standard InChI is InChI=1S/C23H23N5O4/c1-27(14-19-25-12-18(32-19)16-8-10-17(31-2)11-9-16)20-21(24)28(23(30)26-22(20)29)13-15-6-4-3-5-7-15/h3-12H,13-14,24H2,1-2H3,(H,26,29,30). The summed E-state index contributed by atoms with van der Waals surface area (Å²) >= 11 is 0. The van der Waals surface area contributed by atoms with Gasteiger partial charge in [-0.2, -0.15) is 0 Å². The first-order chi connectivity index (χ1) is 15.5. The van der Waals surface area contributed by atoms with Crippen molar-refractivity contribution in [1.82, 2.24) is 14.5 Å². The molecule has 4 aromatic rings. The molecule has 2 aromatic carbocycles. The number of nitrogen functional groups attached to an aromatic ring is 1. The number of benzene rings is 2.